The van der Waals surface area contributed by atoms with Crippen LogP contribution in [0.2, 0.25) is 0 Å². The summed E-state index contributed by atoms with van der Waals surface area (Å²) in [6.07, 6.45) is 0.208. The highest BCUT2D eigenvalue weighted by Crippen LogP contribution is 2.31. The van der Waals surface area contributed by atoms with Crippen LogP contribution >= 0.6 is 0 Å². The molecule has 0 radical (unpaired) electrons. The summed E-state index contributed by atoms with van der Waals surface area (Å²) >= 11 is 0. The Morgan fingerprint density at radius 1 is 0.923 bits per heavy atom. The average molecular weight is 356 g/mol. The lowest BCUT2D eigenvalue weighted by Crippen LogP contribution is -2.34. The van der Waals surface area contributed by atoms with Crippen molar-refractivity contribution in [2.24, 2.45) is 0 Å². The molecule has 0 unspecified atom stereocenters. The molecule has 6 heteroatoms. The average Bonchev–Trinajstić information content (AvgIpc) is 2.67. The van der Waals surface area contributed by atoms with E-state index in [1.807, 2.05) is 30.3 Å². The Balaban J connectivity index is 2.11. The molecule has 0 saturated heterocycles. The second-order valence-corrected chi connectivity index (χ2v) is 5.75. The zero-order chi connectivity index (χ0) is 19.1. The third kappa shape index (κ3) is 4.53. The first-order valence-corrected chi connectivity index (χ1v) is 8.29. The Bertz CT molecular complexity index is 762. The lowest BCUT2D eigenvalue weighted by molar-refractivity contribution is -0.118. The van der Waals surface area contributed by atoms with E-state index in [4.69, 9.17) is 9.47 Å². The summed E-state index contributed by atoms with van der Waals surface area (Å²) in [7, 11) is 4.82. The molecular formula is C20H24N2O4. The Morgan fingerprint density at radius 2 is 1.58 bits per heavy atom. The van der Waals surface area contributed by atoms with Crippen molar-refractivity contribution < 1.29 is 19.1 Å². The normalized spacial score (nSPS) is 10.2. The number of carbonyl (C=O) groups is 2. The Labute approximate surface area is 153 Å². The van der Waals surface area contributed by atoms with Crippen LogP contribution in [0.25, 0.3) is 0 Å². The van der Waals surface area contributed by atoms with Crippen LogP contribution < -0.4 is 19.3 Å². The molecule has 0 aliphatic rings. The zero-order valence-corrected chi connectivity index (χ0v) is 15.6. The molecule has 0 aliphatic heterocycles. The summed E-state index contributed by atoms with van der Waals surface area (Å²) in [6, 6.07) is 14.6. The van der Waals surface area contributed by atoms with Gasteiger partial charge in [-0.2, -0.15) is 0 Å². The molecule has 0 aliphatic carbocycles. The van der Waals surface area contributed by atoms with Crippen molar-refractivity contribution in [2.75, 3.05) is 37.6 Å². The number of hydrogen-bond acceptors (Lipinski definition) is 4. The van der Waals surface area contributed by atoms with Crippen LogP contribution in [0.5, 0.6) is 11.5 Å². The van der Waals surface area contributed by atoms with E-state index in [2.05, 4.69) is 0 Å². The van der Waals surface area contributed by atoms with Crippen molar-refractivity contribution in [1.29, 1.82) is 0 Å². The molecule has 26 heavy (non-hydrogen) atoms. The third-order valence-electron chi connectivity index (χ3n) is 4.13. The molecule has 0 atom stereocenters. The highest BCUT2D eigenvalue weighted by molar-refractivity contribution is 5.96. The van der Waals surface area contributed by atoms with Crippen LogP contribution in [0.4, 0.5) is 11.4 Å². The van der Waals surface area contributed by atoms with Gasteiger partial charge < -0.3 is 19.3 Å². The molecule has 2 aromatic rings. The van der Waals surface area contributed by atoms with Gasteiger partial charge in [0.1, 0.15) is 0 Å². The summed E-state index contributed by atoms with van der Waals surface area (Å²) in [5.41, 5.74) is 1.48. The van der Waals surface area contributed by atoms with Gasteiger partial charge in [-0.05, 0) is 24.3 Å². The summed E-state index contributed by atoms with van der Waals surface area (Å²) in [6.45, 7) is 1.75. The van der Waals surface area contributed by atoms with Crippen molar-refractivity contribution in [3.63, 3.8) is 0 Å². The smallest absolute Gasteiger partial charge is 0.228 e. The maximum atomic E-state index is 12.5. The Kier molecular flexibility index (Phi) is 6.60. The Morgan fingerprint density at radius 3 is 2.15 bits per heavy atom. The first-order valence-electron chi connectivity index (χ1n) is 8.29. The highest BCUT2D eigenvalue weighted by atomic mass is 16.5. The topological polar surface area (TPSA) is 59.1 Å². The predicted molar refractivity (Wildman–Crippen MR) is 102 cm³/mol. The minimum Gasteiger partial charge on any atom is -0.493 e. The van der Waals surface area contributed by atoms with Crippen molar-refractivity contribution in [3.05, 3.63) is 48.5 Å². The van der Waals surface area contributed by atoms with Crippen molar-refractivity contribution in [2.45, 2.75) is 13.3 Å². The molecule has 6 nitrogen and oxygen atoms in total. The SMILES string of the molecule is COc1ccc(N(CCC(=O)N(C)c2ccccc2)C(C)=O)cc1OC. The Hall–Kier alpha value is -3.02. The highest BCUT2D eigenvalue weighted by Gasteiger charge is 2.18. The number of ether oxygens (including phenoxy) is 2. The molecule has 0 bridgehead atoms. The summed E-state index contributed by atoms with van der Waals surface area (Å²) in [5.74, 6) is 0.902. The standard InChI is InChI=1S/C20H24N2O4/c1-15(23)22(17-10-11-18(25-3)19(14-17)26-4)13-12-20(24)21(2)16-8-6-5-7-9-16/h5-11,14H,12-13H2,1-4H3. The maximum absolute atomic E-state index is 12.5. The van der Waals surface area contributed by atoms with Crippen molar-refractivity contribution in [1.82, 2.24) is 0 Å². The van der Waals surface area contributed by atoms with Gasteiger partial charge in [0, 0.05) is 44.4 Å². The van der Waals surface area contributed by atoms with Crippen molar-refractivity contribution in [3.8, 4) is 11.5 Å². The molecule has 2 rings (SSSR count). The molecule has 0 spiro atoms. The van der Waals surface area contributed by atoms with E-state index < -0.39 is 0 Å². The first-order chi connectivity index (χ1) is 12.5. The molecule has 0 fully saturated rings. The van der Waals surface area contributed by atoms with E-state index in [0.717, 1.165) is 5.69 Å². The number of benzene rings is 2. The van der Waals surface area contributed by atoms with E-state index >= 15 is 0 Å². The monoisotopic (exact) mass is 356 g/mol. The predicted octanol–water partition coefficient (Wildman–Crippen LogP) is 3.11. The quantitative estimate of drug-likeness (QED) is 0.765. The van der Waals surface area contributed by atoms with Gasteiger partial charge in [0.15, 0.2) is 11.5 Å². The van der Waals surface area contributed by atoms with Gasteiger partial charge >= 0.3 is 0 Å². The van der Waals surface area contributed by atoms with Crippen LogP contribution in [-0.2, 0) is 9.59 Å². The molecule has 2 aromatic carbocycles. The number of hydrogen-bond donors (Lipinski definition) is 0. The minimum atomic E-state index is -0.146. The van der Waals surface area contributed by atoms with Crippen LogP contribution in [-0.4, -0.2) is 39.6 Å². The molecular weight excluding hydrogens is 332 g/mol. The number of nitrogens with zero attached hydrogens (tertiary/aromatic N) is 2. The molecule has 0 aromatic heterocycles. The van der Waals surface area contributed by atoms with Gasteiger partial charge in [-0.25, -0.2) is 0 Å². The molecule has 2 amide bonds. The van der Waals surface area contributed by atoms with Crippen LogP contribution in [0.3, 0.4) is 0 Å². The van der Waals surface area contributed by atoms with Crippen molar-refractivity contribution >= 4 is 23.2 Å². The van der Waals surface area contributed by atoms with Gasteiger partial charge in [-0.3, -0.25) is 9.59 Å². The second-order valence-electron chi connectivity index (χ2n) is 5.75. The van der Waals surface area contributed by atoms with E-state index in [9.17, 15) is 9.59 Å². The molecule has 0 heterocycles. The summed E-state index contributed by atoms with van der Waals surface area (Å²) in [5, 5.41) is 0. The fourth-order valence-electron chi connectivity index (χ4n) is 2.63. The number of anilines is 2. The summed E-state index contributed by atoms with van der Waals surface area (Å²) in [4.78, 5) is 27.7. The second kappa shape index (κ2) is 8.89. The van der Waals surface area contributed by atoms with Gasteiger partial charge in [-0.1, -0.05) is 18.2 Å². The van der Waals surface area contributed by atoms with E-state index in [-0.39, 0.29) is 24.8 Å². The minimum absolute atomic E-state index is 0.0667. The fraction of sp³-hybridized carbons (Fsp3) is 0.300. The van der Waals surface area contributed by atoms with E-state index in [1.54, 1.807) is 42.2 Å². The van der Waals surface area contributed by atoms with Crippen LogP contribution in [0, 0.1) is 0 Å². The van der Waals surface area contributed by atoms with Gasteiger partial charge in [0.25, 0.3) is 0 Å². The van der Waals surface area contributed by atoms with Gasteiger partial charge in [0.05, 0.1) is 14.2 Å². The number of rotatable bonds is 7. The number of amides is 2. The third-order valence-corrected chi connectivity index (χ3v) is 4.13. The molecule has 0 saturated carbocycles. The largest absolute Gasteiger partial charge is 0.493 e. The lowest BCUT2D eigenvalue weighted by Gasteiger charge is -2.24. The number of carbonyl (C=O) groups excluding carboxylic acids is 2. The van der Waals surface area contributed by atoms with E-state index in [1.165, 1.54) is 14.0 Å². The lowest BCUT2D eigenvalue weighted by atomic mass is 10.2. The zero-order valence-electron chi connectivity index (χ0n) is 15.6. The molecule has 138 valence electrons. The number of para-hydroxylation sites is 1. The first kappa shape index (κ1) is 19.3. The van der Waals surface area contributed by atoms with Gasteiger partial charge in [0.2, 0.25) is 11.8 Å². The summed E-state index contributed by atoms with van der Waals surface area (Å²) < 4.78 is 10.5. The number of methoxy groups -OCH3 is 2. The molecule has 0 N–H and O–H groups in total. The van der Waals surface area contributed by atoms with Crippen LogP contribution in [0.1, 0.15) is 13.3 Å². The fourth-order valence-corrected chi connectivity index (χ4v) is 2.63. The van der Waals surface area contributed by atoms with Gasteiger partial charge in [-0.15, -0.1) is 0 Å². The van der Waals surface area contributed by atoms with E-state index in [0.29, 0.717) is 17.2 Å². The van der Waals surface area contributed by atoms with Crippen LogP contribution in [0.15, 0.2) is 48.5 Å². The maximum Gasteiger partial charge on any atom is 0.228 e.